The van der Waals surface area contributed by atoms with Crippen molar-refractivity contribution >= 4 is 29.2 Å². The second-order valence-corrected chi connectivity index (χ2v) is 15.9. The van der Waals surface area contributed by atoms with Crippen LogP contribution in [0.3, 0.4) is 0 Å². The molecule has 54 heavy (non-hydrogen) atoms. The van der Waals surface area contributed by atoms with Gasteiger partial charge >= 0.3 is 5.97 Å². The number of anilines is 3. The van der Waals surface area contributed by atoms with Gasteiger partial charge in [0.2, 0.25) is 5.91 Å². The van der Waals surface area contributed by atoms with Crippen LogP contribution in [0.25, 0.3) is 11.1 Å². The zero-order chi connectivity index (χ0) is 37.2. The molecule has 0 radical (unpaired) electrons. The van der Waals surface area contributed by atoms with Crippen LogP contribution < -0.4 is 9.80 Å². The van der Waals surface area contributed by atoms with Gasteiger partial charge in [-0.25, -0.2) is 13.6 Å². The molecule has 8 heterocycles. The van der Waals surface area contributed by atoms with E-state index in [-0.39, 0.29) is 23.2 Å². The van der Waals surface area contributed by atoms with Gasteiger partial charge < -0.3 is 24.7 Å². The van der Waals surface area contributed by atoms with Crippen molar-refractivity contribution in [2.24, 2.45) is 24.8 Å². The third-order valence-corrected chi connectivity index (χ3v) is 12.5. The topological polar surface area (TPSA) is 129 Å². The minimum absolute atomic E-state index is 0.00493. The van der Waals surface area contributed by atoms with E-state index in [1.54, 1.807) is 43.2 Å². The third kappa shape index (κ3) is 6.19. The molecule has 2 unspecified atom stereocenters. The maximum absolute atomic E-state index is 14.7. The van der Waals surface area contributed by atoms with E-state index in [1.165, 1.54) is 18.2 Å². The van der Waals surface area contributed by atoms with E-state index >= 15 is 0 Å². The van der Waals surface area contributed by atoms with Gasteiger partial charge in [0.15, 0.2) is 17.3 Å². The number of nitrogens with zero attached hydrogens (tertiary/aromatic N) is 10. The molecule has 1 amide bonds. The molecule has 1 aromatic carbocycles. The number of carbonyl (C=O) groups excluding carboxylic acids is 1. The van der Waals surface area contributed by atoms with Gasteiger partial charge in [-0.05, 0) is 85.3 Å². The van der Waals surface area contributed by atoms with Gasteiger partial charge in [-0.1, -0.05) is 0 Å². The summed E-state index contributed by atoms with van der Waals surface area (Å²) >= 11 is 0. The summed E-state index contributed by atoms with van der Waals surface area (Å²) in [4.78, 5) is 32.7. The van der Waals surface area contributed by atoms with Gasteiger partial charge in [0, 0.05) is 100 Å². The molecule has 4 aromatic rings. The first-order chi connectivity index (χ1) is 26.1. The lowest BCUT2D eigenvalue weighted by Crippen LogP contribution is -2.57. The molecule has 10 rings (SSSR count). The summed E-state index contributed by atoms with van der Waals surface area (Å²) in [6.07, 6.45) is 6.45. The van der Waals surface area contributed by atoms with Crippen molar-refractivity contribution in [1.29, 1.82) is 0 Å². The van der Waals surface area contributed by atoms with Gasteiger partial charge in [0.1, 0.15) is 0 Å². The molecule has 4 fully saturated rings. The molecule has 2 atom stereocenters. The van der Waals surface area contributed by atoms with Gasteiger partial charge in [-0.15, -0.1) is 10.2 Å². The number of aromatic carboxylic acids is 1. The quantitative estimate of drug-likeness (QED) is 0.261. The third-order valence-electron chi connectivity index (χ3n) is 12.5. The Morgan fingerprint density at radius 2 is 1.81 bits per heavy atom. The molecular formula is C39H46F2N10O3. The molecule has 1 N–H and O–H groups in total. The van der Waals surface area contributed by atoms with E-state index < -0.39 is 12.4 Å². The highest BCUT2D eigenvalue weighted by Gasteiger charge is 2.50. The number of carbonyl (C=O) groups is 2. The van der Waals surface area contributed by atoms with Gasteiger partial charge in [-0.3, -0.25) is 14.2 Å². The minimum Gasteiger partial charge on any atom is -0.476 e. The number of piperidine rings is 3. The predicted octanol–water partition coefficient (Wildman–Crippen LogP) is 5.11. The first-order valence-corrected chi connectivity index (χ1v) is 19.2. The van der Waals surface area contributed by atoms with Gasteiger partial charge in [0.25, 0.3) is 6.43 Å². The Morgan fingerprint density at radius 1 is 1.02 bits per heavy atom. The molecule has 2 bridgehead atoms. The zero-order valence-electron chi connectivity index (χ0n) is 30.7. The summed E-state index contributed by atoms with van der Waals surface area (Å²) in [5.41, 5.74) is 5.21. The van der Waals surface area contributed by atoms with Crippen molar-refractivity contribution in [3.05, 3.63) is 64.7 Å². The molecule has 3 aromatic heterocycles. The monoisotopic (exact) mass is 740 g/mol. The fourth-order valence-corrected chi connectivity index (χ4v) is 9.85. The van der Waals surface area contributed by atoms with E-state index in [4.69, 9.17) is 10.2 Å². The Labute approximate surface area is 312 Å². The fourth-order valence-electron chi connectivity index (χ4n) is 9.85. The fraction of sp³-hybridized carbons (Fsp3) is 0.538. The maximum atomic E-state index is 14.7. The number of aromatic nitrogens is 6. The number of fused-ring (bicyclic) bond motifs is 4. The normalized spacial score (nSPS) is 23.0. The largest absolute Gasteiger partial charge is 0.476 e. The van der Waals surface area contributed by atoms with Crippen LogP contribution in [-0.2, 0) is 31.2 Å². The van der Waals surface area contributed by atoms with Crippen molar-refractivity contribution in [3.63, 3.8) is 0 Å². The highest BCUT2D eigenvalue weighted by atomic mass is 19.3. The lowest BCUT2D eigenvalue weighted by Gasteiger charge is -2.54. The number of halogens is 2. The van der Waals surface area contributed by atoms with Crippen LogP contribution in [0.4, 0.5) is 26.1 Å². The molecule has 3 saturated heterocycles. The number of hydrogen-bond acceptors (Lipinski definition) is 9. The summed E-state index contributed by atoms with van der Waals surface area (Å²) in [5.74, 6) is 2.04. The van der Waals surface area contributed by atoms with E-state index in [0.29, 0.717) is 48.5 Å². The van der Waals surface area contributed by atoms with E-state index in [1.807, 2.05) is 11.0 Å². The van der Waals surface area contributed by atoms with E-state index in [2.05, 4.69) is 34.7 Å². The summed E-state index contributed by atoms with van der Waals surface area (Å²) in [7, 11) is 1.79. The number of rotatable bonds is 8. The Bertz CT molecular complexity index is 2060. The molecule has 0 spiro atoms. The number of aryl methyl sites for hydroxylation is 2. The minimum atomic E-state index is -2.65. The van der Waals surface area contributed by atoms with Crippen molar-refractivity contribution in [3.8, 4) is 11.1 Å². The average molecular weight is 741 g/mol. The summed E-state index contributed by atoms with van der Waals surface area (Å²) in [6, 6.07) is 7.14. The Balaban J connectivity index is 0.941. The van der Waals surface area contributed by atoms with Crippen LogP contribution in [0, 0.1) is 17.8 Å². The number of hydrogen-bond donors (Lipinski definition) is 1. The summed E-state index contributed by atoms with van der Waals surface area (Å²) < 4.78 is 33.3. The Morgan fingerprint density at radius 3 is 2.48 bits per heavy atom. The summed E-state index contributed by atoms with van der Waals surface area (Å²) in [5, 5.41) is 26.8. The van der Waals surface area contributed by atoms with Crippen LogP contribution in [0.5, 0.6) is 0 Å². The lowest BCUT2D eigenvalue weighted by atomic mass is 9.66. The average Bonchev–Trinajstić information content (AvgIpc) is 3.77. The number of alkyl halides is 2. The maximum Gasteiger partial charge on any atom is 0.356 e. The molecule has 5 aliphatic heterocycles. The van der Waals surface area contributed by atoms with E-state index in [0.717, 1.165) is 93.3 Å². The number of benzene rings is 1. The predicted molar refractivity (Wildman–Crippen MR) is 197 cm³/mol. The number of amides is 1. The number of carboxylic acids is 1. The number of carboxylic acid groups (broad SMARTS) is 1. The van der Waals surface area contributed by atoms with E-state index in [9.17, 15) is 18.4 Å². The van der Waals surface area contributed by atoms with Crippen LogP contribution in [0.15, 0.2) is 36.7 Å². The van der Waals surface area contributed by atoms with Crippen LogP contribution in [0.1, 0.15) is 77.9 Å². The van der Waals surface area contributed by atoms with Crippen molar-refractivity contribution in [1.82, 2.24) is 39.6 Å². The molecular weight excluding hydrogens is 694 g/mol. The lowest BCUT2D eigenvalue weighted by molar-refractivity contribution is -0.129. The standard InChI is InChI=1S/C39H46F2N10O3/c1-23(52)49-13-9-33-31(22-49)38(50-10-3-4-25-15-29(28-17-42-46(2)19-28)30(37(40)41)16-34(25)50)45-51(33)36-26-14-27(36)21-47(20-26)18-24-7-11-48(12-8-24)35-6-5-32(39(53)54)43-44-35/h5-6,15-17,19,24,26-27,36-37H,3-4,7-14,18,20-22H2,1-2H3,(H,53,54). The summed E-state index contributed by atoms with van der Waals surface area (Å²) in [6.45, 7) is 8.26. The highest BCUT2D eigenvalue weighted by molar-refractivity contribution is 5.85. The second kappa shape index (κ2) is 13.7. The van der Waals surface area contributed by atoms with Gasteiger partial charge in [0.05, 0.1) is 18.8 Å². The Kier molecular flexibility index (Phi) is 8.86. The highest BCUT2D eigenvalue weighted by Crippen LogP contribution is 2.51. The van der Waals surface area contributed by atoms with Crippen LogP contribution in [-0.4, -0.2) is 102 Å². The molecule has 1 aliphatic carbocycles. The molecule has 1 saturated carbocycles. The smallest absolute Gasteiger partial charge is 0.356 e. The Hall–Kier alpha value is -4.92. The van der Waals surface area contributed by atoms with Crippen LogP contribution >= 0.6 is 0 Å². The second-order valence-electron chi connectivity index (χ2n) is 15.9. The zero-order valence-corrected chi connectivity index (χ0v) is 30.7. The van der Waals surface area contributed by atoms with Gasteiger partial charge in [-0.2, -0.15) is 10.2 Å². The molecule has 284 valence electrons. The SMILES string of the molecule is CC(=O)N1CCc2c(c(N3CCCc4cc(-c5cnn(C)c5)c(C(F)F)cc43)nn2C2C3CC2CN(CC2CCN(c4ccc(C(=O)O)nn4)CC2)C3)C1. The molecule has 15 heteroatoms. The van der Waals surface area contributed by atoms with Crippen molar-refractivity contribution in [2.75, 3.05) is 55.6 Å². The van der Waals surface area contributed by atoms with Crippen molar-refractivity contribution < 1.29 is 23.5 Å². The first kappa shape index (κ1) is 34.8. The van der Waals surface area contributed by atoms with Crippen molar-refractivity contribution in [2.45, 2.75) is 64.5 Å². The van der Waals surface area contributed by atoms with Crippen LogP contribution in [0.2, 0.25) is 0 Å². The first-order valence-electron chi connectivity index (χ1n) is 19.2. The molecule has 13 nitrogen and oxygen atoms in total. The molecule has 6 aliphatic rings.